The van der Waals surface area contributed by atoms with Gasteiger partial charge in [-0.05, 0) is 62.1 Å². The molecule has 1 aromatic carbocycles. The maximum absolute atomic E-state index is 13.1. The fourth-order valence-corrected chi connectivity index (χ4v) is 3.89. The smallest absolute Gasteiger partial charge is 0.124 e. The first-order chi connectivity index (χ1) is 9.29. The molecule has 1 aromatic rings. The molecule has 0 aromatic heterocycles. The van der Waals surface area contributed by atoms with E-state index in [1.165, 1.54) is 38.2 Å². The Morgan fingerprint density at radius 3 is 3.05 bits per heavy atom. The van der Waals surface area contributed by atoms with Crippen molar-refractivity contribution < 1.29 is 4.39 Å². The quantitative estimate of drug-likeness (QED) is 0.740. The van der Waals surface area contributed by atoms with Gasteiger partial charge in [-0.15, -0.1) is 11.8 Å². The minimum atomic E-state index is -0.131. The summed E-state index contributed by atoms with van der Waals surface area (Å²) in [4.78, 5) is 1.05. The molecule has 106 valence electrons. The molecule has 1 nitrogen and oxygen atoms in total. The number of thioether (sulfide) groups is 1. The molecular formula is C16H24FNS. The summed E-state index contributed by atoms with van der Waals surface area (Å²) in [5.41, 5.74) is 0. The normalized spacial score (nSPS) is 22.8. The standard InChI is InChI=1S/C16H24FNS/c1-2-10-18-16-8-3-5-13(16)9-11-19-15-7-4-6-14(17)12-15/h4,6-7,12-13,16,18H,2-3,5,8-11H2,1H3. The second kappa shape index (κ2) is 7.91. The van der Waals surface area contributed by atoms with Crippen LogP contribution in [0.4, 0.5) is 4.39 Å². The summed E-state index contributed by atoms with van der Waals surface area (Å²) in [6.45, 7) is 3.36. The van der Waals surface area contributed by atoms with Crippen LogP contribution in [0.2, 0.25) is 0 Å². The Morgan fingerprint density at radius 2 is 2.26 bits per heavy atom. The molecule has 0 spiro atoms. The zero-order chi connectivity index (χ0) is 13.5. The molecule has 2 unspecified atom stereocenters. The van der Waals surface area contributed by atoms with Gasteiger partial charge in [0.05, 0.1) is 0 Å². The van der Waals surface area contributed by atoms with E-state index in [9.17, 15) is 4.39 Å². The van der Waals surface area contributed by atoms with Crippen LogP contribution in [0.1, 0.15) is 39.0 Å². The number of hydrogen-bond acceptors (Lipinski definition) is 2. The lowest BCUT2D eigenvalue weighted by atomic mass is 10.0. The number of halogens is 1. The van der Waals surface area contributed by atoms with Crippen LogP contribution in [-0.2, 0) is 0 Å². The highest BCUT2D eigenvalue weighted by Crippen LogP contribution is 2.31. The van der Waals surface area contributed by atoms with Crippen LogP contribution in [0.15, 0.2) is 29.2 Å². The molecule has 1 aliphatic rings. The fourth-order valence-electron chi connectivity index (χ4n) is 2.87. The number of rotatable bonds is 7. The first-order valence-electron chi connectivity index (χ1n) is 7.41. The van der Waals surface area contributed by atoms with Gasteiger partial charge in [0.2, 0.25) is 0 Å². The van der Waals surface area contributed by atoms with Crippen LogP contribution >= 0.6 is 11.8 Å². The lowest BCUT2D eigenvalue weighted by Gasteiger charge is -2.20. The SMILES string of the molecule is CCCNC1CCCC1CCSc1cccc(F)c1. The maximum Gasteiger partial charge on any atom is 0.124 e. The molecule has 0 radical (unpaired) electrons. The largest absolute Gasteiger partial charge is 0.314 e. The third-order valence-electron chi connectivity index (χ3n) is 3.87. The van der Waals surface area contributed by atoms with Crippen molar-refractivity contribution in [2.24, 2.45) is 5.92 Å². The summed E-state index contributed by atoms with van der Waals surface area (Å²) in [6, 6.07) is 7.64. The molecule has 0 amide bonds. The van der Waals surface area contributed by atoms with E-state index >= 15 is 0 Å². The van der Waals surface area contributed by atoms with E-state index in [1.807, 2.05) is 6.07 Å². The average Bonchev–Trinajstić information content (AvgIpc) is 2.84. The molecule has 1 N–H and O–H groups in total. The third kappa shape index (κ3) is 4.81. The van der Waals surface area contributed by atoms with E-state index in [2.05, 4.69) is 12.2 Å². The summed E-state index contributed by atoms with van der Waals surface area (Å²) < 4.78 is 13.1. The lowest BCUT2D eigenvalue weighted by Crippen LogP contribution is -2.33. The summed E-state index contributed by atoms with van der Waals surface area (Å²) in [7, 11) is 0. The van der Waals surface area contributed by atoms with Crippen LogP contribution in [0.3, 0.4) is 0 Å². The van der Waals surface area contributed by atoms with Crippen LogP contribution < -0.4 is 5.32 Å². The van der Waals surface area contributed by atoms with Crippen LogP contribution in [0.5, 0.6) is 0 Å². The molecule has 3 heteroatoms. The molecule has 19 heavy (non-hydrogen) atoms. The summed E-state index contributed by atoms with van der Waals surface area (Å²) in [5, 5.41) is 3.67. The van der Waals surface area contributed by atoms with Crippen molar-refractivity contribution in [3.63, 3.8) is 0 Å². The van der Waals surface area contributed by atoms with E-state index in [-0.39, 0.29) is 5.82 Å². The highest BCUT2D eigenvalue weighted by atomic mass is 32.2. The predicted octanol–water partition coefficient (Wildman–Crippen LogP) is 4.48. The van der Waals surface area contributed by atoms with Gasteiger partial charge >= 0.3 is 0 Å². The highest BCUT2D eigenvalue weighted by molar-refractivity contribution is 7.99. The van der Waals surface area contributed by atoms with Crippen LogP contribution in [0.25, 0.3) is 0 Å². The Labute approximate surface area is 120 Å². The molecule has 0 bridgehead atoms. The van der Waals surface area contributed by atoms with Gasteiger partial charge in [-0.3, -0.25) is 0 Å². The molecule has 1 saturated carbocycles. The van der Waals surface area contributed by atoms with Crippen molar-refractivity contribution >= 4 is 11.8 Å². The number of hydrogen-bond donors (Lipinski definition) is 1. The van der Waals surface area contributed by atoms with E-state index in [0.29, 0.717) is 6.04 Å². The first kappa shape index (κ1) is 14.9. The van der Waals surface area contributed by atoms with E-state index in [4.69, 9.17) is 0 Å². The van der Waals surface area contributed by atoms with Gasteiger partial charge in [-0.2, -0.15) is 0 Å². The van der Waals surface area contributed by atoms with Crippen molar-refractivity contribution in [3.8, 4) is 0 Å². The second-order valence-electron chi connectivity index (χ2n) is 5.35. The molecule has 2 atom stereocenters. The first-order valence-corrected chi connectivity index (χ1v) is 8.40. The maximum atomic E-state index is 13.1. The number of benzene rings is 1. The Balaban J connectivity index is 1.72. The Morgan fingerprint density at radius 1 is 1.37 bits per heavy atom. The molecule has 1 fully saturated rings. The molecule has 0 saturated heterocycles. The molecule has 1 aliphatic carbocycles. The minimum absolute atomic E-state index is 0.131. The van der Waals surface area contributed by atoms with Gasteiger partial charge in [-0.1, -0.05) is 19.4 Å². The zero-order valence-electron chi connectivity index (χ0n) is 11.7. The second-order valence-corrected chi connectivity index (χ2v) is 6.51. The van der Waals surface area contributed by atoms with Crippen LogP contribution in [0, 0.1) is 11.7 Å². The Kier molecular flexibility index (Phi) is 6.18. The van der Waals surface area contributed by atoms with Crippen molar-refractivity contribution in [2.75, 3.05) is 12.3 Å². The topological polar surface area (TPSA) is 12.0 Å². The van der Waals surface area contributed by atoms with Crippen molar-refractivity contribution in [1.82, 2.24) is 5.32 Å². The van der Waals surface area contributed by atoms with E-state index in [1.54, 1.807) is 23.9 Å². The predicted molar refractivity (Wildman–Crippen MR) is 81.2 cm³/mol. The number of nitrogens with one attached hydrogen (secondary N) is 1. The molecule has 2 rings (SSSR count). The van der Waals surface area contributed by atoms with Crippen molar-refractivity contribution in [1.29, 1.82) is 0 Å². The van der Waals surface area contributed by atoms with Crippen molar-refractivity contribution in [3.05, 3.63) is 30.1 Å². The third-order valence-corrected chi connectivity index (χ3v) is 4.90. The van der Waals surface area contributed by atoms with Gasteiger partial charge in [0.25, 0.3) is 0 Å². The van der Waals surface area contributed by atoms with Gasteiger partial charge in [0.1, 0.15) is 5.82 Å². The van der Waals surface area contributed by atoms with E-state index < -0.39 is 0 Å². The van der Waals surface area contributed by atoms with Gasteiger partial charge in [0, 0.05) is 10.9 Å². The van der Waals surface area contributed by atoms with Crippen LogP contribution in [-0.4, -0.2) is 18.3 Å². The fraction of sp³-hybridized carbons (Fsp3) is 0.625. The average molecular weight is 281 g/mol. The zero-order valence-corrected chi connectivity index (χ0v) is 12.5. The minimum Gasteiger partial charge on any atom is -0.314 e. The molecule has 0 aliphatic heterocycles. The summed E-state index contributed by atoms with van der Waals surface area (Å²) >= 11 is 1.78. The Bertz CT molecular complexity index is 383. The lowest BCUT2D eigenvalue weighted by molar-refractivity contribution is 0.393. The monoisotopic (exact) mass is 281 g/mol. The summed E-state index contributed by atoms with van der Waals surface area (Å²) in [5.74, 6) is 1.78. The van der Waals surface area contributed by atoms with Crippen molar-refractivity contribution in [2.45, 2.75) is 50.0 Å². The van der Waals surface area contributed by atoms with Gasteiger partial charge < -0.3 is 5.32 Å². The molecular weight excluding hydrogens is 257 g/mol. The highest BCUT2D eigenvalue weighted by Gasteiger charge is 2.25. The molecule has 0 heterocycles. The van der Waals surface area contributed by atoms with Gasteiger partial charge in [-0.25, -0.2) is 4.39 Å². The van der Waals surface area contributed by atoms with E-state index in [0.717, 1.165) is 23.1 Å². The van der Waals surface area contributed by atoms with Gasteiger partial charge in [0.15, 0.2) is 0 Å². The Hall–Kier alpha value is -0.540. The summed E-state index contributed by atoms with van der Waals surface area (Å²) in [6.07, 6.45) is 6.49.